The van der Waals surface area contributed by atoms with Gasteiger partial charge in [-0.3, -0.25) is 14.6 Å². The quantitative estimate of drug-likeness (QED) is 0.408. The second-order valence-corrected chi connectivity index (χ2v) is 8.75. The van der Waals surface area contributed by atoms with Crippen molar-refractivity contribution in [2.24, 2.45) is 0 Å². The van der Waals surface area contributed by atoms with Gasteiger partial charge in [0.25, 0.3) is 5.91 Å². The van der Waals surface area contributed by atoms with Crippen molar-refractivity contribution < 1.29 is 9.59 Å². The standard InChI is InChI=1S/C26H25N5O2S/c1-30(2)26-29-23(18-34-26)20-8-10-22(11-9-20)28-24(32)17-31(16-19-6-4-3-5-7-19)25(33)21-12-14-27-15-13-21/h3-15,18H,16-17H2,1-2H3,(H,28,32). The number of carbonyl (C=O) groups is 2. The van der Waals surface area contributed by atoms with E-state index in [-0.39, 0.29) is 18.4 Å². The van der Waals surface area contributed by atoms with E-state index in [2.05, 4.69) is 15.3 Å². The topological polar surface area (TPSA) is 78.4 Å². The molecule has 2 aromatic heterocycles. The van der Waals surface area contributed by atoms with E-state index in [1.165, 1.54) is 4.90 Å². The number of pyridine rings is 1. The summed E-state index contributed by atoms with van der Waals surface area (Å²) < 4.78 is 0. The molecule has 172 valence electrons. The van der Waals surface area contributed by atoms with Crippen LogP contribution in [0.15, 0.2) is 84.5 Å². The van der Waals surface area contributed by atoms with Gasteiger partial charge in [-0.15, -0.1) is 11.3 Å². The first-order valence-electron chi connectivity index (χ1n) is 10.8. The van der Waals surface area contributed by atoms with Crippen LogP contribution in [0.1, 0.15) is 15.9 Å². The smallest absolute Gasteiger partial charge is 0.254 e. The van der Waals surface area contributed by atoms with Crippen molar-refractivity contribution in [3.63, 3.8) is 0 Å². The van der Waals surface area contributed by atoms with E-state index in [0.29, 0.717) is 17.8 Å². The second-order valence-electron chi connectivity index (χ2n) is 7.92. The molecule has 0 fully saturated rings. The van der Waals surface area contributed by atoms with Crippen molar-refractivity contribution in [2.45, 2.75) is 6.54 Å². The summed E-state index contributed by atoms with van der Waals surface area (Å²) in [7, 11) is 3.92. The van der Waals surface area contributed by atoms with Crippen LogP contribution in [0.2, 0.25) is 0 Å². The monoisotopic (exact) mass is 471 g/mol. The van der Waals surface area contributed by atoms with Crippen LogP contribution in [0.5, 0.6) is 0 Å². The minimum Gasteiger partial charge on any atom is -0.354 e. The fourth-order valence-electron chi connectivity index (χ4n) is 3.38. The zero-order valence-corrected chi connectivity index (χ0v) is 19.8. The Kier molecular flexibility index (Phi) is 7.29. The van der Waals surface area contributed by atoms with Gasteiger partial charge in [0.2, 0.25) is 5.91 Å². The first-order chi connectivity index (χ1) is 16.5. The number of anilines is 2. The Morgan fingerprint density at radius 1 is 0.941 bits per heavy atom. The first kappa shape index (κ1) is 23.1. The summed E-state index contributed by atoms with van der Waals surface area (Å²) in [6.45, 7) is 0.252. The number of aromatic nitrogens is 2. The Bertz CT molecular complexity index is 1240. The SMILES string of the molecule is CN(C)c1nc(-c2ccc(NC(=O)CN(Cc3ccccc3)C(=O)c3ccncc3)cc2)cs1. The lowest BCUT2D eigenvalue weighted by Crippen LogP contribution is -2.37. The number of hydrogen-bond acceptors (Lipinski definition) is 6. The maximum atomic E-state index is 13.1. The summed E-state index contributed by atoms with van der Waals surface area (Å²) in [6, 6.07) is 20.4. The number of rotatable bonds is 8. The van der Waals surface area contributed by atoms with Gasteiger partial charge in [0, 0.05) is 55.2 Å². The van der Waals surface area contributed by atoms with E-state index in [1.54, 1.807) is 35.9 Å². The minimum absolute atomic E-state index is 0.0733. The third kappa shape index (κ3) is 5.85. The number of nitrogens with one attached hydrogen (secondary N) is 1. The third-order valence-electron chi connectivity index (χ3n) is 5.10. The average molecular weight is 472 g/mol. The van der Waals surface area contributed by atoms with E-state index in [1.807, 2.05) is 79.0 Å². The van der Waals surface area contributed by atoms with Crippen molar-refractivity contribution in [1.29, 1.82) is 0 Å². The zero-order chi connectivity index (χ0) is 23.9. The van der Waals surface area contributed by atoms with Gasteiger partial charge >= 0.3 is 0 Å². The summed E-state index contributed by atoms with van der Waals surface area (Å²) in [4.78, 5) is 38.0. The number of carbonyl (C=O) groups excluding carboxylic acids is 2. The van der Waals surface area contributed by atoms with E-state index < -0.39 is 0 Å². The second kappa shape index (κ2) is 10.7. The van der Waals surface area contributed by atoms with Crippen molar-refractivity contribution in [1.82, 2.24) is 14.9 Å². The highest BCUT2D eigenvalue weighted by molar-refractivity contribution is 7.14. The van der Waals surface area contributed by atoms with Gasteiger partial charge in [0.05, 0.1) is 5.69 Å². The molecular formula is C26H25N5O2S. The molecular weight excluding hydrogens is 446 g/mol. The molecule has 0 aliphatic carbocycles. The largest absolute Gasteiger partial charge is 0.354 e. The van der Waals surface area contributed by atoms with Crippen molar-refractivity contribution in [3.05, 3.63) is 95.6 Å². The Labute approximate surface area is 202 Å². The van der Waals surface area contributed by atoms with Crippen LogP contribution in [0, 0.1) is 0 Å². The summed E-state index contributed by atoms with van der Waals surface area (Å²) in [5.74, 6) is -0.494. The number of benzene rings is 2. The molecule has 0 saturated heterocycles. The molecule has 8 heteroatoms. The molecule has 0 radical (unpaired) electrons. The molecule has 1 N–H and O–H groups in total. The van der Waals surface area contributed by atoms with Gasteiger partial charge in [-0.05, 0) is 29.8 Å². The van der Waals surface area contributed by atoms with E-state index >= 15 is 0 Å². The van der Waals surface area contributed by atoms with Crippen LogP contribution in [0.3, 0.4) is 0 Å². The van der Waals surface area contributed by atoms with Gasteiger partial charge in [-0.2, -0.15) is 0 Å². The lowest BCUT2D eigenvalue weighted by Gasteiger charge is -2.22. The van der Waals surface area contributed by atoms with Gasteiger partial charge < -0.3 is 15.1 Å². The highest BCUT2D eigenvalue weighted by atomic mass is 32.1. The summed E-state index contributed by atoms with van der Waals surface area (Å²) in [5.41, 5.74) is 3.96. The lowest BCUT2D eigenvalue weighted by molar-refractivity contribution is -0.117. The van der Waals surface area contributed by atoms with Crippen LogP contribution in [0.4, 0.5) is 10.8 Å². The molecule has 7 nitrogen and oxygen atoms in total. The van der Waals surface area contributed by atoms with Crippen LogP contribution >= 0.6 is 11.3 Å². The molecule has 2 amide bonds. The van der Waals surface area contributed by atoms with Crippen molar-refractivity contribution in [3.8, 4) is 11.3 Å². The highest BCUT2D eigenvalue weighted by Gasteiger charge is 2.19. The molecule has 0 saturated carbocycles. The molecule has 2 heterocycles. The third-order valence-corrected chi connectivity index (χ3v) is 6.11. The maximum Gasteiger partial charge on any atom is 0.254 e. The van der Waals surface area contributed by atoms with Crippen LogP contribution in [-0.2, 0) is 11.3 Å². The number of hydrogen-bond donors (Lipinski definition) is 1. The first-order valence-corrected chi connectivity index (χ1v) is 11.6. The highest BCUT2D eigenvalue weighted by Crippen LogP contribution is 2.27. The fourth-order valence-corrected chi connectivity index (χ4v) is 4.15. The Morgan fingerprint density at radius 2 is 1.65 bits per heavy atom. The Balaban J connectivity index is 1.45. The molecule has 2 aromatic carbocycles. The molecule has 4 rings (SSSR count). The fraction of sp³-hybridized carbons (Fsp3) is 0.154. The van der Waals surface area contributed by atoms with Crippen LogP contribution in [0.25, 0.3) is 11.3 Å². The number of amides is 2. The van der Waals surface area contributed by atoms with Gasteiger partial charge in [-0.25, -0.2) is 4.98 Å². The molecule has 0 atom stereocenters. The van der Waals surface area contributed by atoms with Gasteiger partial charge in [0.15, 0.2) is 5.13 Å². The molecule has 0 spiro atoms. The maximum absolute atomic E-state index is 13.1. The number of thiazole rings is 1. The van der Waals surface area contributed by atoms with E-state index in [9.17, 15) is 9.59 Å². The molecule has 34 heavy (non-hydrogen) atoms. The summed E-state index contributed by atoms with van der Waals surface area (Å²) in [5, 5.41) is 5.84. The normalized spacial score (nSPS) is 10.5. The summed E-state index contributed by atoms with van der Waals surface area (Å²) in [6.07, 6.45) is 3.14. The van der Waals surface area contributed by atoms with E-state index in [4.69, 9.17) is 0 Å². The predicted molar refractivity (Wildman–Crippen MR) is 136 cm³/mol. The van der Waals surface area contributed by atoms with Gasteiger partial charge in [0.1, 0.15) is 6.54 Å². The van der Waals surface area contributed by atoms with Crippen LogP contribution < -0.4 is 10.2 Å². The predicted octanol–water partition coefficient (Wildman–Crippen LogP) is 4.55. The number of nitrogens with zero attached hydrogens (tertiary/aromatic N) is 4. The van der Waals surface area contributed by atoms with Crippen LogP contribution in [-0.4, -0.2) is 47.3 Å². The zero-order valence-electron chi connectivity index (χ0n) is 19.0. The molecule has 0 aliphatic heterocycles. The Hall–Kier alpha value is -4.04. The average Bonchev–Trinajstić information content (AvgIpc) is 3.36. The lowest BCUT2D eigenvalue weighted by atomic mass is 10.1. The summed E-state index contributed by atoms with van der Waals surface area (Å²) >= 11 is 1.58. The molecule has 0 aliphatic rings. The molecule has 4 aromatic rings. The van der Waals surface area contributed by atoms with E-state index in [0.717, 1.165) is 22.0 Å². The molecule has 0 bridgehead atoms. The van der Waals surface area contributed by atoms with Crippen molar-refractivity contribution in [2.75, 3.05) is 30.9 Å². The van der Waals surface area contributed by atoms with Gasteiger partial charge in [-0.1, -0.05) is 42.5 Å². The minimum atomic E-state index is -0.269. The Morgan fingerprint density at radius 3 is 2.29 bits per heavy atom. The van der Waals surface area contributed by atoms with Crippen molar-refractivity contribution >= 4 is 34.0 Å². The molecule has 0 unspecified atom stereocenters.